The maximum absolute atomic E-state index is 8.77. The van der Waals surface area contributed by atoms with Gasteiger partial charge in [0.2, 0.25) is 0 Å². The molecule has 0 radical (unpaired) electrons. The zero-order valence-corrected chi connectivity index (χ0v) is 44.6. The second-order valence-electron chi connectivity index (χ2n) is 21.0. The molecular weight excluding hydrogens is 1060 g/mol. The third kappa shape index (κ3) is 7.98. The van der Waals surface area contributed by atoms with E-state index in [1.165, 1.54) is 48.8 Å². The predicted octanol–water partition coefficient (Wildman–Crippen LogP) is 16.9. The van der Waals surface area contributed by atoms with Gasteiger partial charge in [0.15, 0.2) is 0 Å². The summed E-state index contributed by atoms with van der Waals surface area (Å²) in [6.45, 7) is 20.4. The van der Waals surface area contributed by atoms with Gasteiger partial charge in [0.1, 0.15) is 5.82 Å². The van der Waals surface area contributed by atoms with Crippen LogP contribution in [0.5, 0.6) is 11.5 Å². The summed E-state index contributed by atoms with van der Waals surface area (Å²) in [5.74, 6) is 1.08. The molecule has 0 spiro atoms. The Kier molecular flexibility index (Phi) is 11.2. The zero-order valence-electron chi connectivity index (χ0n) is 42.3. The van der Waals surface area contributed by atoms with Crippen LogP contribution >= 0.6 is 0 Å². The topological polar surface area (TPSA) is 35.2 Å². The maximum Gasteiger partial charge on any atom is 0.135 e. The van der Waals surface area contributed by atoms with E-state index >= 15 is 0 Å². The summed E-state index contributed by atoms with van der Waals surface area (Å²) in [6, 6.07) is 68.4. The molecule has 12 rings (SSSR count). The first-order chi connectivity index (χ1) is 34.1. The number of aromatic nitrogens is 3. The van der Waals surface area contributed by atoms with Gasteiger partial charge in [0.25, 0.3) is 0 Å². The zero-order chi connectivity index (χ0) is 49.0. The van der Waals surface area contributed by atoms with Gasteiger partial charge in [0.05, 0.1) is 8.07 Å². The second-order valence-corrected chi connectivity index (χ2v) is 26.0. The van der Waals surface area contributed by atoms with Gasteiger partial charge in [-0.3, -0.25) is 0 Å². The number of rotatable bonds is 7. The number of hydrogen-bond acceptors (Lipinski definition) is 3. The molecule has 8 aromatic carbocycles. The Labute approximate surface area is 433 Å². The van der Waals surface area contributed by atoms with E-state index in [4.69, 9.17) is 11.1 Å². The maximum atomic E-state index is 8.77. The number of nitrogens with zero attached hydrogens (tertiary/aromatic N) is 4. The van der Waals surface area contributed by atoms with Crippen LogP contribution in [0.4, 0.5) is 11.4 Å². The average Bonchev–Trinajstić information content (AvgIpc) is 3.92. The van der Waals surface area contributed by atoms with Crippen LogP contribution in [0.15, 0.2) is 176 Å². The Bertz CT molecular complexity index is 4010. The van der Waals surface area contributed by atoms with Crippen molar-refractivity contribution in [1.29, 1.82) is 0 Å². The van der Waals surface area contributed by atoms with E-state index in [0.29, 0.717) is 11.5 Å². The molecule has 71 heavy (non-hydrogen) atoms. The third-order valence-corrected chi connectivity index (χ3v) is 16.1. The normalized spacial score (nSPS) is 13.0. The Morgan fingerprint density at radius 1 is 0.620 bits per heavy atom. The molecule has 4 heterocycles. The predicted molar refractivity (Wildman–Crippen MR) is 298 cm³/mol. The van der Waals surface area contributed by atoms with Crippen LogP contribution in [0.1, 0.15) is 53.0 Å². The third-order valence-electron chi connectivity index (χ3n) is 14.1. The number of ether oxygens (including phenoxy) is 1. The molecule has 354 valence electrons. The molecule has 0 saturated carbocycles. The molecule has 0 unspecified atom stereocenters. The molecule has 0 fully saturated rings. The Morgan fingerprint density at radius 3 is 1.93 bits per heavy atom. The molecule has 11 aromatic rings. The minimum absolute atomic E-state index is 0. The van der Waals surface area contributed by atoms with E-state index in [9.17, 15) is 0 Å². The van der Waals surface area contributed by atoms with Crippen molar-refractivity contribution in [3.05, 3.63) is 206 Å². The van der Waals surface area contributed by atoms with E-state index in [2.05, 4.69) is 207 Å². The molecule has 5 nitrogen and oxygen atoms in total. The van der Waals surface area contributed by atoms with E-state index in [-0.39, 0.29) is 26.5 Å². The molecular formula is C64H55N4OPtSi-3. The summed E-state index contributed by atoms with van der Waals surface area (Å²) in [5.41, 5.74) is 10.6. The minimum atomic E-state index is -1.74. The van der Waals surface area contributed by atoms with Gasteiger partial charge in [-0.15, -0.1) is 35.7 Å². The number of para-hydroxylation sites is 3. The Balaban J connectivity index is 0.00000560. The van der Waals surface area contributed by atoms with E-state index in [0.717, 1.165) is 61.0 Å². The van der Waals surface area contributed by atoms with Crippen molar-refractivity contribution >= 4 is 89.8 Å². The van der Waals surface area contributed by atoms with Gasteiger partial charge in [-0.2, -0.15) is 12.1 Å². The van der Waals surface area contributed by atoms with E-state index in [1.54, 1.807) is 6.20 Å². The summed E-state index contributed by atoms with van der Waals surface area (Å²) in [6.07, 6.45) is 1.79. The standard InChI is InChI=1S/C64H55N4OSi.Pt/c1-41(2)42-32-33-65-61(36-42)68-58-28-14-13-24-54(58)55-31-30-47(39-60(55)68)69-46-19-15-18-45(38-46)66-40-67-62-49(43-34-44(64(3,4)5)37-48(35-43)70(6,7)8)25-16-26-56(62)52-22-11-9-20-50(52)51-21-10-12-23-53(51)57-27-17-29-59(66)63(57)67;/h9-37,40-41H,1-8H3;/q-3;/i41D;. The van der Waals surface area contributed by atoms with Gasteiger partial charge in [-0.25, -0.2) is 4.98 Å². The van der Waals surface area contributed by atoms with Crippen molar-refractivity contribution in [2.75, 3.05) is 4.90 Å². The van der Waals surface area contributed by atoms with Gasteiger partial charge >= 0.3 is 0 Å². The van der Waals surface area contributed by atoms with Crippen molar-refractivity contribution in [3.8, 4) is 28.4 Å². The van der Waals surface area contributed by atoms with Gasteiger partial charge < -0.3 is 18.8 Å². The summed E-state index contributed by atoms with van der Waals surface area (Å²) >= 11 is 0. The van der Waals surface area contributed by atoms with Crippen LogP contribution in [-0.2, 0) is 26.5 Å². The molecule has 0 amide bonds. The van der Waals surface area contributed by atoms with Crippen LogP contribution in [0.2, 0.25) is 19.6 Å². The molecule has 0 saturated heterocycles. The largest absolute Gasteiger partial charge is 0.509 e. The first-order valence-electron chi connectivity index (χ1n) is 24.8. The molecule has 7 heteroatoms. The summed E-state index contributed by atoms with van der Waals surface area (Å²) in [5, 5.41) is 10.7. The average molecular weight is 1120 g/mol. The fourth-order valence-electron chi connectivity index (χ4n) is 10.4. The number of hydrogen-bond donors (Lipinski definition) is 0. The second kappa shape index (κ2) is 17.6. The Hall–Kier alpha value is -7.11. The monoisotopic (exact) mass is 1120 g/mol. The molecule has 0 bridgehead atoms. The Morgan fingerprint density at radius 2 is 1.24 bits per heavy atom. The summed E-state index contributed by atoms with van der Waals surface area (Å²) < 4.78 is 20.1. The summed E-state index contributed by atoms with van der Waals surface area (Å²) in [4.78, 5) is 7.07. The van der Waals surface area contributed by atoms with Gasteiger partial charge in [0, 0.05) is 51.3 Å². The van der Waals surface area contributed by atoms with Crippen LogP contribution in [0.25, 0.3) is 82.1 Å². The molecule has 3 aromatic heterocycles. The van der Waals surface area contributed by atoms with E-state index < -0.39 is 14.0 Å². The van der Waals surface area contributed by atoms with Gasteiger partial charge in [-0.1, -0.05) is 186 Å². The number of anilines is 2. The smallest absolute Gasteiger partial charge is 0.135 e. The van der Waals surface area contributed by atoms with Crippen LogP contribution in [0.3, 0.4) is 0 Å². The van der Waals surface area contributed by atoms with Crippen LogP contribution < -0.4 is 14.8 Å². The fourth-order valence-corrected chi connectivity index (χ4v) is 11.6. The first kappa shape index (κ1) is 45.1. The minimum Gasteiger partial charge on any atom is -0.509 e. The van der Waals surface area contributed by atoms with E-state index in [1.807, 2.05) is 50.2 Å². The summed E-state index contributed by atoms with van der Waals surface area (Å²) in [7, 11) is -1.74. The number of pyridine rings is 1. The van der Waals surface area contributed by atoms with Crippen molar-refractivity contribution in [1.82, 2.24) is 14.1 Å². The molecule has 1 aliphatic heterocycles. The van der Waals surface area contributed by atoms with Gasteiger partial charge in [-0.05, 0) is 113 Å². The van der Waals surface area contributed by atoms with Crippen molar-refractivity contribution in [3.63, 3.8) is 0 Å². The van der Waals surface area contributed by atoms with Crippen molar-refractivity contribution < 1.29 is 27.2 Å². The molecule has 1 aliphatic rings. The molecule has 0 aliphatic carbocycles. The quantitative estimate of drug-likeness (QED) is 0.118. The van der Waals surface area contributed by atoms with Crippen LogP contribution in [-0.4, -0.2) is 22.2 Å². The van der Waals surface area contributed by atoms with Crippen LogP contribution in [0, 0.1) is 18.8 Å². The van der Waals surface area contributed by atoms with Crippen molar-refractivity contribution in [2.45, 2.75) is 65.6 Å². The first-order valence-corrected chi connectivity index (χ1v) is 27.8. The van der Waals surface area contributed by atoms with Crippen molar-refractivity contribution in [2.24, 2.45) is 0 Å². The molecule has 0 atom stereocenters. The fraction of sp³-hybridized carbons (Fsp3) is 0.156. The molecule has 0 N–H and O–H groups in total. The number of benzene rings is 8. The number of fused-ring (bicyclic) bond motifs is 10. The SMILES string of the molecule is [2H]C(C)(C)c1ccnc(-n2c3[c-]c(Oc4[c-]c(N5[CH-]n6c7c(-c8cc(C(C)(C)C)cc([Si](C)(C)C)c8)cccc7c7ccccc7c7ccccc7c7cccc5c76)ccc4)ccc3c3ccccc32)c1.[Pt].